The van der Waals surface area contributed by atoms with Gasteiger partial charge in [-0.2, -0.15) is 0 Å². The second-order valence-corrected chi connectivity index (χ2v) is 6.46. The van der Waals surface area contributed by atoms with Crippen molar-refractivity contribution in [2.45, 2.75) is 51.6 Å². The Morgan fingerprint density at radius 3 is 2.85 bits per heavy atom. The smallest absolute Gasteiger partial charge is 0.135 e. The van der Waals surface area contributed by atoms with E-state index in [1.807, 2.05) is 6.07 Å². The van der Waals surface area contributed by atoms with Crippen LogP contribution in [0.1, 0.15) is 45.4 Å². The molecule has 1 aromatic rings. The predicted octanol–water partition coefficient (Wildman–Crippen LogP) is 1.86. The summed E-state index contributed by atoms with van der Waals surface area (Å²) in [5, 5.41) is 0. The van der Waals surface area contributed by atoms with Crippen LogP contribution < -0.4 is 10.6 Å². The molecule has 2 unspecified atom stereocenters. The van der Waals surface area contributed by atoms with Crippen molar-refractivity contribution in [2.24, 2.45) is 0 Å². The van der Waals surface area contributed by atoms with Gasteiger partial charge >= 0.3 is 0 Å². The van der Waals surface area contributed by atoms with Crippen LogP contribution >= 0.6 is 0 Å². The van der Waals surface area contributed by atoms with Crippen LogP contribution in [0.25, 0.3) is 0 Å². The third-order valence-electron chi connectivity index (χ3n) is 4.50. The minimum atomic E-state index is 0.306. The SMILES string of the molecule is CC(C)c1nc(N)cc(N2CC3CCCN3CC2C)n1. The molecule has 20 heavy (non-hydrogen) atoms. The van der Waals surface area contributed by atoms with Crippen molar-refractivity contribution < 1.29 is 0 Å². The van der Waals surface area contributed by atoms with Crippen LogP contribution in [0, 0.1) is 0 Å². The lowest BCUT2D eigenvalue weighted by Crippen LogP contribution is -2.55. The van der Waals surface area contributed by atoms with E-state index in [4.69, 9.17) is 10.7 Å². The largest absolute Gasteiger partial charge is 0.384 e. The Kier molecular flexibility index (Phi) is 3.54. The summed E-state index contributed by atoms with van der Waals surface area (Å²) in [5.74, 6) is 2.74. The highest BCUT2D eigenvalue weighted by molar-refractivity contribution is 5.48. The van der Waals surface area contributed by atoms with E-state index < -0.39 is 0 Å². The maximum Gasteiger partial charge on any atom is 0.135 e. The van der Waals surface area contributed by atoms with Crippen molar-refractivity contribution >= 4 is 11.6 Å². The second kappa shape index (κ2) is 5.20. The average molecular weight is 275 g/mol. The van der Waals surface area contributed by atoms with Gasteiger partial charge in [0.25, 0.3) is 0 Å². The third-order valence-corrected chi connectivity index (χ3v) is 4.50. The standard InChI is InChI=1S/C15H25N5/c1-10(2)15-17-13(16)7-14(18-15)20-9-12-5-4-6-19(12)8-11(20)3/h7,10-12H,4-6,8-9H2,1-3H3,(H2,16,17,18). The molecule has 0 saturated carbocycles. The third kappa shape index (κ3) is 2.46. The van der Waals surface area contributed by atoms with Gasteiger partial charge in [-0.3, -0.25) is 4.90 Å². The fourth-order valence-corrected chi connectivity index (χ4v) is 3.38. The zero-order chi connectivity index (χ0) is 14.3. The number of rotatable bonds is 2. The molecule has 2 saturated heterocycles. The first kappa shape index (κ1) is 13.6. The van der Waals surface area contributed by atoms with E-state index >= 15 is 0 Å². The van der Waals surface area contributed by atoms with Gasteiger partial charge in [-0.25, -0.2) is 9.97 Å². The van der Waals surface area contributed by atoms with Gasteiger partial charge in [0.2, 0.25) is 0 Å². The molecule has 5 nitrogen and oxygen atoms in total. The summed E-state index contributed by atoms with van der Waals surface area (Å²) in [6.07, 6.45) is 2.63. The van der Waals surface area contributed by atoms with E-state index in [9.17, 15) is 0 Å². The summed E-state index contributed by atoms with van der Waals surface area (Å²) in [4.78, 5) is 14.1. The molecule has 3 heterocycles. The molecule has 1 aromatic heterocycles. The Balaban J connectivity index is 1.87. The van der Waals surface area contributed by atoms with Gasteiger partial charge in [0.1, 0.15) is 17.5 Å². The Labute approximate surface area is 121 Å². The zero-order valence-electron chi connectivity index (χ0n) is 12.7. The number of hydrogen-bond donors (Lipinski definition) is 1. The summed E-state index contributed by atoms with van der Waals surface area (Å²) in [5.41, 5.74) is 5.97. The van der Waals surface area contributed by atoms with Crippen molar-refractivity contribution in [3.63, 3.8) is 0 Å². The van der Waals surface area contributed by atoms with Crippen LogP contribution in [0.4, 0.5) is 11.6 Å². The van der Waals surface area contributed by atoms with Crippen molar-refractivity contribution in [3.05, 3.63) is 11.9 Å². The predicted molar refractivity (Wildman–Crippen MR) is 81.9 cm³/mol. The van der Waals surface area contributed by atoms with Crippen LogP contribution in [0.15, 0.2) is 6.07 Å². The first-order valence-electron chi connectivity index (χ1n) is 7.69. The Morgan fingerprint density at radius 2 is 2.10 bits per heavy atom. The summed E-state index contributed by atoms with van der Waals surface area (Å²) in [6, 6.07) is 3.09. The minimum absolute atomic E-state index is 0.306. The fourth-order valence-electron chi connectivity index (χ4n) is 3.38. The summed E-state index contributed by atoms with van der Waals surface area (Å²) in [7, 11) is 0. The number of hydrogen-bond acceptors (Lipinski definition) is 5. The van der Waals surface area contributed by atoms with E-state index in [0.29, 0.717) is 23.8 Å². The molecule has 0 spiro atoms. The van der Waals surface area contributed by atoms with Gasteiger partial charge in [-0.1, -0.05) is 13.8 Å². The van der Waals surface area contributed by atoms with Crippen molar-refractivity contribution in [1.29, 1.82) is 0 Å². The van der Waals surface area contributed by atoms with E-state index in [0.717, 1.165) is 24.7 Å². The molecule has 2 N–H and O–H groups in total. The molecule has 2 atom stereocenters. The fraction of sp³-hybridized carbons (Fsp3) is 0.733. The molecule has 2 aliphatic heterocycles. The van der Waals surface area contributed by atoms with Gasteiger partial charge < -0.3 is 10.6 Å². The normalized spacial score (nSPS) is 27.1. The number of piperazine rings is 1. The van der Waals surface area contributed by atoms with Crippen molar-refractivity contribution in [2.75, 3.05) is 30.3 Å². The van der Waals surface area contributed by atoms with Gasteiger partial charge in [-0.15, -0.1) is 0 Å². The van der Waals surface area contributed by atoms with E-state index in [-0.39, 0.29) is 0 Å². The van der Waals surface area contributed by atoms with Crippen LogP contribution in [0.5, 0.6) is 0 Å². The van der Waals surface area contributed by atoms with Crippen LogP contribution in [-0.4, -0.2) is 46.6 Å². The van der Waals surface area contributed by atoms with Crippen molar-refractivity contribution in [1.82, 2.24) is 14.9 Å². The molecular weight excluding hydrogens is 250 g/mol. The first-order valence-corrected chi connectivity index (χ1v) is 7.69. The number of nitrogen functional groups attached to an aromatic ring is 1. The quantitative estimate of drug-likeness (QED) is 0.892. The lowest BCUT2D eigenvalue weighted by Gasteiger charge is -2.43. The van der Waals surface area contributed by atoms with E-state index in [2.05, 4.69) is 35.6 Å². The highest BCUT2D eigenvalue weighted by Crippen LogP contribution is 2.28. The number of fused-ring (bicyclic) bond motifs is 1. The molecule has 3 rings (SSSR count). The molecule has 0 aromatic carbocycles. The zero-order valence-corrected chi connectivity index (χ0v) is 12.7. The first-order chi connectivity index (χ1) is 9.54. The summed E-state index contributed by atoms with van der Waals surface area (Å²) >= 11 is 0. The number of aromatic nitrogens is 2. The number of nitrogens with two attached hydrogens (primary N) is 1. The average Bonchev–Trinajstić information content (AvgIpc) is 2.83. The Hall–Kier alpha value is -1.36. The molecule has 2 fully saturated rings. The lowest BCUT2D eigenvalue weighted by atomic mass is 10.1. The van der Waals surface area contributed by atoms with Crippen molar-refractivity contribution in [3.8, 4) is 0 Å². The molecule has 5 heteroatoms. The molecule has 0 aliphatic carbocycles. The molecule has 0 bridgehead atoms. The summed E-state index contributed by atoms with van der Waals surface area (Å²) < 4.78 is 0. The van der Waals surface area contributed by atoms with Crippen LogP contribution in [0.2, 0.25) is 0 Å². The minimum Gasteiger partial charge on any atom is -0.384 e. The van der Waals surface area contributed by atoms with Gasteiger partial charge in [0, 0.05) is 37.2 Å². The molecule has 0 amide bonds. The Bertz CT molecular complexity index is 487. The van der Waals surface area contributed by atoms with Crippen LogP contribution in [-0.2, 0) is 0 Å². The molecular formula is C15H25N5. The summed E-state index contributed by atoms with van der Waals surface area (Å²) in [6.45, 7) is 9.95. The molecule has 110 valence electrons. The number of anilines is 2. The highest BCUT2D eigenvalue weighted by Gasteiger charge is 2.35. The van der Waals surface area contributed by atoms with E-state index in [1.54, 1.807) is 0 Å². The maximum absolute atomic E-state index is 5.97. The highest BCUT2D eigenvalue weighted by atomic mass is 15.3. The lowest BCUT2D eigenvalue weighted by molar-refractivity contribution is 0.202. The van der Waals surface area contributed by atoms with Gasteiger partial charge in [0.15, 0.2) is 0 Å². The topological polar surface area (TPSA) is 58.3 Å². The molecule has 0 radical (unpaired) electrons. The van der Waals surface area contributed by atoms with Gasteiger partial charge in [-0.05, 0) is 26.3 Å². The molecule has 2 aliphatic rings. The van der Waals surface area contributed by atoms with Crippen LogP contribution in [0.3, 0.4) is 0 Å². The van der Waals surface area contributed by atoms with Gasteiger partial charge in [0.05, 0.1) is 0 Å². The number of nitrogens with zero attached hydrogens (tertiary/aromatic N) is 4. The van der Waals surface area contributed by atoms with E-state index in [1.165, 1.54) is 19.4 Å². The maximum atomic E-state index is 5.97. The second-order valence-electron chi connectivity index (χ2n) is 6.46. The monoisotopic (exact) mass is 275 g/mol. The Morgan fingerprint density at radius 1 is 1.30 bits per heavy atom.